The van der Waals surface area contributed by atoms with Crippen LogP contribution in [0.2, 0.25) is 0 Å². The van der Waals surface area contributed by atoms with Crippen molar-refractivity contribution < 1.29 is 0 Å². The van der Waals surface area contributed by atoms with Crippen LogP contribution in [0.15, 0.2) is 456 Å². The molecule has 0 saturated heterocycles. The second-order valence-corrected chi connectivity index (χ2v) is 35.2. The molecule has 4 aromatic heterocycles. The molecule has 2 aliphatic carbocycles. The Hall–Kier alpha value is -16.0. The molecule has 18 aromatic carbocycles. The minimum atomic E-state index is -0.452. The van der Waals surface area contributed by atoms with E-state index in [0.29, 0.717) is 34.9 Å². The van der Waals surface area contributed by atoms with Gasteiger partial charge in [0.2, 0.25) is 0 Å². The highest BCUT2D eigenvalue weighted by atomic mass is 32.2. The molecular weight excluding hydrogens is 1590 g/mol. The zero-order chi connectivity index (χ0) is 84.4. The van der Waals surface area contributed by atoms with Gasteiger partial charge >= 0.3 is 0 Å². The standard InChI is InChI=1S/2C59H36N4S/c1-3-16-39(17-4-1)56-61-57(40-18-5-2-6-19-40)63-58(62-56)42-21-15-20-41(34-42)37-30-32-38(33-31-37)55-47-35-46-43-22-7-9-24-48(43)59(51(46)36-45(47)44-23-8-12-27-52(44)60-55)49-25-10-13-28-53(49)64-54-29-14-11-26-50(54)59;1-3-15-40(16-4-1)56-61-57(41-17-5-2-6-18-41)63-58(62-56)42-33-29-38(30-34-42)37-27-31-39(32-28-37)55-47-35-46-43-19-7-9-21-48(43)59(51(46)36-45(47)44-20-8-12-24-52(44)60-55)49-22-10-13-25-53(49)64-54-26-14-11-23-50(54)59/h2*1-36H. The van der Waals surface area contributed by atoms with Crippen LogP contribution in [0.25, 0.3) is 179 Å². The third-order valence-electron chi connectivity index (χ3n) is 26.0. The second kappa shape index (κ2) is 30.5. The molecule has 22 aromatic rings. The minimum Gasteiger partial charge on any atom is -0.247 e. The van der Waals surface area contributed by atoms with Gasteiger partial charge in [0.05, 0.1) is 33.3 Å². The van der Waals surface area contributed by atoms with Crippen LogP contribution >= 0.6 is 23.5 Å². The van der Waals surface area contributed by atoms with Crippen molar-refractivity contribution in [1.82, 2.24) is 39.9 Å². The molecule has 8 nitrogen and oxygen atoms in total. The number of fused-ring (bicyclic) bond motifs is 24. The van der Waals surface area contributed by atoms with Gasteiger partial charge in [-0.15, -0.1) is 0 Å². The monoisotopic (exact) mass is 1660 g/mol. The number of para-hydroxylation sites is 2. The number of benzene rings is 18. The van der Waals surface area contributed by atoms with E-state index in [1.54, 1.807) is 0 Å². The normalized spacial score (nSPS) is 13.1. The van der Waals surface area contributed by atoms with Gasteiger partial charge in [-0.3, -0.25) is 0 Å². The summed E-state index contributed by atoms with van der Waals surface area (Å²) in [5, 5.41) is 7.02. The third-order valence-corrected chi connectivity index (χ3v) is 28.3. The van der Waals surface area contributed by atoms with Crippen molar-refractivity contribution >= 4 is 66.9 Å². The molecule has 0 radical (unpaired) electrons. The summed E-state index contributed by atoms with van der Waals surface area (Å²) in [6.07, 6.45) is 0. The average molecular weight is 1670 g/mol. The first-order chi connectivity index (χ1) is 63.4. The molecule has 10 heteroatoms. The molecule has 4 aliphatic rings. The Bertz CT molecular complexity index is 8030. The smallest absolute Gasteiger partial charge is 0.164 e. The number of rotatable bonds is 10. The van der Waals surface area contributed by atoms with Crippen LogP contribution in [0.4, 0.5) is 0 Å². The fourth-order valence-corrected chi connectivity index (χ4v) is 22.6. The van der Waals surface area contributed by atoms with Crippen molar-refractivity contribution in [2.75, 3.05) is 0 Å². The fraction of sp³-hybridized carbons (Fsp3) is 0.0169. The number of pyridine rings is 2. The summed E-state index contributed by atoms with van der Waals surface area (Å²) >= 11 is 3.76. The number of nitrogens with zero attached hydrogens (tertiary/aromatic N) is 8. The SMILES string of the molecule is c1ccc(-c2nc(-c3ccccc3)nc(-c3ccc(-c4ccc(-c5nc6ccccc6c6cc7c(cc56)-c5ccccc5C75c6ccccc6Sc6ccccc65)cc4)cc3)n2)cc1.c1ccc(-c2nc(-c3ccccc3)nc(-c3cccc(-c4ccc(-c5nc6ccccc6c6cc7c(cc56)-c5ccccc5C75c6ccccc6Sc6ccccc65)cc4)c3)n2)cc1. The number of aromatic nitrogens is 8. The molecule has 596 valence electrons. The zero-order valence-corrected chi connectivity index (χ0v) is 70.6. The lowest BCUT2D eigenvalue weighted by atomic mass is 9.67. The van der Waals surface area contributed by atoms with Gasteiger partial charge in [-0.05, 0) is 167 Å². The van der Waals surface area contributed by atoms with Gasteiger partial charge in [-0.2, -0.15) is 0 Å². The summed E-state index contributed by atoms with van der Waals surface area (Å²) in [6.45, 7) is 0. The Labute approximate surface area is 748 Å². The summed E-state index contributed by atoms with van der Waals surface area (Å²) in [7, 11) is 0. The molecule has 0 atom stereocenters. The molecule has 26 rings (SSSR count). The van der Waals surface area contributed by atoms with Crippen LogP contribution in [-0.4, -0.2) is 39.9 Å². The second-order valence-electron chi connectivity index (χ2n) is 33.0. The van der Waals surface area contributed by atoms with E-state index in [9.17, 15) is 0 Å². The quantitative estimate of drug-likeness (QED) is 0.123. The Morgan fingerprint density at radius 2 is 0.414 bits per heavy atom. The molecule has 128 heavy (non-hydrogen) atoms. The number of hydrogen-bond acceptors (Lipinski definition) is 10. The zero-order valence-electron chi connectivity index (χ0n) is 69.0. The lowest BCUT2D eigenvalue weighted by Crippen LogP contribution is -2.31. The summed E-state index contributed by atoms with van der Waals surface area (Å²) < 4.78 is 0. The number of hydrogen-bond donors (Lipinski definition) is 0. The van der Waals surface area contributed by atoms with E-state index in [1.165, 1.54) is 97.1 Å². The highest BCUT2D eigenvalue weighted by molar-refractivity contribution is 7.99. The van der Waals surface area contributed by atoms with Gasteiger partial charge < -0.3 is 0 Å². The Morgan fingerprint density at radius 3 is 0.781 bits per heavy atom. The lowest BCUT2D eigenvalue weighted by molar-refractivity contribution is 0.723. The third kappa shape index (κ3) is 12.2. The van der Waals surface area contributed by atoms with E-state index >= 15 is 0 Å². The summed E-state index contributed by atoms with van der Waals surface area (Å²) in [5.41, 5.74) is 31.0. The first-order valence-corrected chi connectivity index (χ1v) is 44.9. The van der Waals surface area contributed by atoms with Crippen LogP contribution in [0, 0.1) is 0 Å². The first-order valence-electron chi connectivity index (χ1n) is 43.3. The van der Waals surface area contributed by atoms with Gasteiger partial charge in [0.25, 0.3) is 0 Å². The summed E-state index contributed by atoms with van der Waals surface area (Å²) in [4.78, 5) is 45.7. The Kier molecular flexibility index (Phi) is 17.8. The Morgan fingerprint density at radius 1 is 0.148 bits per heavy atom. The molecule has 0 fully saturated rings. The molecular formula is C118H72N8S2. The van der Waals surface area contributed by atoms with Crippen molar-refractivity contribution in [2.24, 2.45) is 0 Å². The predicted molar refractivity (Wildman–Crippen MR) is 522 cm³/mol. The lowest BCUT2D eigenvalue weighted by Gasteiger charge is -2.39. The maximum absolute atomic E-state index is 5.43. The van der Waals surface area contributed by atoms with Gasteiger partial charge in [0, 0.05) is 85.6 Å². The molecule has 0 N–H and O–H groups in total. The molecule has 0 amide bonds. The molecule has 0 bridgehead atoms. The van der Waals surface area contributed by atoms with Crippen LogP contribution in [0.1, 0.15) is 44.5 Å². The van der Waals surface area contributed by atoms with E-state index in [0.717, 1.165) is 111 Å². The van der Waals surface area contributed by atoms with Crippen molar-refractivity contribution in [2.45, 2.75) is 30.4 Å². The van der Waals surface area contributed by atoms with E-state index < -0.39 is 10.8 Å². The van der Waals surface area contributed by atoms with Crippen molar-refractivity contribution in [3.63, 3.8) is 0 Å². The van der Waals surface area contributed by atoms with E-state index in [-0.39, 0.29) is 0 Å². The van der Waals surface area contributed by atoms with Crippen molar-refractivity contribution in [1.29, 1.82) is 0 Å². The summed E-state index contributed by atoms with van der Waals surface area (Å²) in [5.74, 6) is 3.86. The van der Waals surface area contributed by atoms with Crippen LogP contribution in [-0.2, 0) is 10.8 Å². The van der Waals surface area contributed by atoms with Crippen LogP contribution in [0.5, 0.6) is 0 Å². The first kappa shape index (κ1) is 74.6. The topological polar surface area (TPSA) is 103 Å². The fourth-order valence-electron chi connectivity index (χ4n) is 20.2. The van der Waals surface area contributed by atoms with Crippen LogP contribution in [0.3, 0.4) is 0 Å². The highest BCUT2D eigenvalue weighted by Gasteiger charge is 2.52. The largest absolute Gasteiger partial charge is 0.247 e. The van der Waals surface area contributed by atoms with E-state index in [2.05, 4.69) is 315 Å². The molecule has 2 spiro atoms. The molecule has 0 unspecified atom stereocenters. The molecule has 6 heterocycles. The van der Waals surface area contributed by atoms with Crippen LogP contribution < -0.4 is 0 Å². The van der Waals surface area contributed by atoms with Crippen molar-refractivity contribution in [3.05, 3.63) is 481 Å². The average Bonchev–Trinajstić information content (AvgIpc) is 1.51. The highest BCUT2D eigenvalue weighted by Crippen LogP contribution is 2.65. The van der Waals surface area contributed by atoms with Gasteiger partial charge in [0.1, 0.15) is 0 Å². The Balaban J connectivity index is 0.000000139. The van der Waals surface area contributed by atoms with E-state index in [1.807, 2.05) is 145 Å². The molecule has 2 aliphatic heterocycles. The van der Waals surface area contributed by atoms with Gasteiger partial charge in [0.15, 0.2) is 34.9 Å². The predicted octanol–water partition coefficient (Wildman–Crippen LogP) is 29.5. The van der Waals surface area contributed by atoms with Gasteiger partial charge in [-0.1, -0.05) is 394 Å². The maximum atomic E-state index is 5.43. The van der Waals surface area contributed by atoms with E-state index in [4.69, 9.17) is 39.9 Å². The van der Waals surface area contributed by atoms with Crippen molar-refractivity contribution in [3.8, 4) is 135 Å². The summed E-state index contributed by atoms with van der Waals surface area (Å²) in [6, 6.07) is 156. The molecule has 0 saturated carbocycles. The van der Waals surface area contributed by atoms with Gasteiger partial charge in [-0.25, -0.2) is 39.9 Å². The maximum Gasteiger partial charge on any atom is 0.164 e. The minimum absolute atomic E-state index is 0.446.